The summed E-state index contributed by atoms with van der Waals surface area (Å²) in [6.45, 7) is 4.97. The number of fused-ring (bicyclic) bond motifs is 2. The van der Waals surface area contributed by atoms with E-state index in [0.29, 0.717) is 18.2 Å². The van der Waals surface area contributed by atoms with Crippen LogP contribution in [0.15, 0.2) is 36.7 Å². The number of benzene rings is 1. The van der Waals surface area contributed by atoms with Crippen molar-refractivity contribution < 1.29 is 0 Å². The molecule has 0 amide bonds. The molecule has 0 saturated heterocycles. The maximum Gasteiger partial charge on any atom is 0.200 e. The third-order valence-corrected chi connectivity index (χ3v) is 3.74. The fourth-order valence-corrected chi connectivity index (χ4v) is 2.53. The second kappa shape index (κ2) is 5.31. The zero-order valence-corrected chi connectivity index (χ0v) is 12.9. The van der Waals surface area contributed by atoms with Gasteiger partial charge in [0.1, 0.15) is 5.82 Å². The van der Waals surface area contributed by atoms with Crippen LogP contribution in [0, 0.1) is 0 Å². The standard InChI is InChI=1S/C15H16N8/c1-10(2)22-9-17-12-4-3-11(7-13(12)22)8-16-14-5-6-15-18-20-21-23(15)19-14/h3-7,9-10H,8H2,1-2H3,(H,16,19). The summed E-state index contributed by atoms with van der Waals surface area (Å²) < 4.78 is 3.57. The first-order chi connectivity index (χ1) is 11.2. The van der Waals surface area contributed by atoms with Crippen molar-refractivity contribution in [3.63, 3.8) is 0 Å². The smallest absolute Gasteiger partial charge is 0.200 e. The van der Waals surface area contributed by atoms with Gasteiger partial charge < -0.3 is 9.88 Å². The Balaban J connectivity index is 1.58. The maximum atomic E-state index is 4.43. The zero-order chi connectivity index (χ0) is 15.8. The lowest BCUT2D eigenvalue weighted by atomic mass is 10.2. The zero-order valence-electron chi connectivity index (χ0n) is 12.9. The van der Waals surface area contributed by atoms with Crippen LogP contribution in [0.1, 0.15) is 25.5 Å². The number of rotatable bonds is 4. The van der Waals surface area contributed by atoms with Crippen molar-refractivity contribution in [3.8, 4) is 0 Å². The molecule has 0 aliphatic rings. The van der Waals surface area contributed by atoms with Crippen LogP contribution in [0.3, 0.4) is 0 Å². The molecule has 3 aromatic heterocycles. The summed E-state index contributed by atoms with van der Waals surface area (Å²) in [5.41, 5.74) is 3.94. The predicted molar refractivity (Wildman–Crippen MR) is 86.0 cm³/mol. The molecule has 4 rings (SSSR count). The monoisotopic (exact) mass is 308 g/mol. The van der Waals surface area contributed by atoms with Gasteiger partial charge in [-0.15, -0.1) is 14.8 Å². The lowest BCUT2D eigenvalue weighted by Gasteiger charge is -2.09. The Morgan fingerprint density at radius 2 is 2.09 bits per heavy atom. The van der Waals surface area contributed by atoms with Crippen LogP contribution < -0.4 is 5.32 Å². The highest BCUT2D eigenvalue weighted by Gasteiger charge is 2.07. The molecule has 1 aromatic carbocycles. The summed E-state index contributed by atoms with van der Waals surface area (Å²) in [5, 5.41) is 18.8. The molecule has 0 fully saturated rings. The third-order valence-electron chi connectivity index (χ3n) is 3.74. The van der Waals surface area contributed by atoms with Crippen LogP contribution in [0.2, 0.25) is 0 Å². The van der Waals surface area contributed by atoms with Gasteiger partial charge in [0.05, 0.1) is 17.4 Å². The van der Waals surface area contributed by atoms with Crippen molar-refractivity contribution in [3.05, 3.63) is 42.2 Å². The Hall–Kier alpha value is -3.03. The van der Waals surface area contributed by atoms with Crippen LogP contribution in [0.4, 0.5) is 5.82 Å². The van der Waals surface area contributed by atoms with E-state index in [-0.39, 0.29) is 0 Å². The number of tetrazole rings is 1. The van der Waals surface area contributed by atoms with E-state index in [9.17, 15) is 0 Å². The lowest BCUT2D eigenvalue weighted by molar-refractivity contribution is 0.617. The molecule has 0 spiro atoms. The molecule has 116 valence electrons. The van der Waals surface area contributed by atoms with Gasteiger partial charge in [-0.3, -0.25) is 0 Å². The van der Waals surface area contributed by atoms with Gasteiger partial charge in [0.15, 0.2) is 5.65 Å². The number of hydrogen-bond acceptors (Lipinski definition) is 6. The van der Waals surface area contributed by atoms with Crippen LogP contribution in [0.25, 0.3) is 16.7 Å². The number of nitrogens with zero attached hydrogens (tertiary/aromatic N) is 7. The maximum absolute atomic E-state index is 4.43. The van der Waals surface area contributed by atoms with Crippen molar-refractivity contribution >= 4 is 22.5 Å². The summed E-state index contributed by atoms with van der Waals surface area (Å²) in [7, 11) is 0. The van der Waals surface area contributed by atoms with Crippen molar-refractivity contribution in [2.45, 2.75) is 26.4 Å². The normalized spacial score (nSPS) is 11.6. The van der Waals surface area contributed by atoms with E-state index in [2.05, 4.69) is 61.5 Å². The molecule has 1 N–H and O–H groups in total. The van der Waals surface area contributed by atoms with Crippen molar-refractivity contribution in [1.82, 2.24) is 34.8 Å². The highest BCUT2D eigenvalue weighted by atomic mass is 15.6. The summed E-state index contributed by atoms with van der Waals surface area (Å²) in [6, 6.07) is 10.3. The minimum absolute atomic E-state index is 0.382. The molecule has 3 heterocycles. The highest BCUT2D eigenvalue weighted by Crippen LogP contribution is 2.19. The lowest BCUT2D eigenvalue weighted by Crippen LogP contribution is -2.05. The van der Waals surface area contributed by atoms with Gasteiger partial charge in [-0.2, -0.15) is 0 Å². The Morgan fingerprint density at radius 1 is 1.17 bits per heavy atom. The van der Waals surface area contributed by atoms with E-state index in [1.165, 1.54) is 10.2 Å². The van der Waals surface area contributed by atoms with Crippen molar-refractivity contribution in [1.29, 1.82) is 0 Å². The van der Waals surface area contributed by atoms with E-state index in [1.54, 1.807) is 0 Å². The quantitative estimate of drug-likeness (QED) is 0.621. The number of hydrogen-bond donors (Lipinski definition) is 1. The molecule has 4 aromatic rings. The highest BCUT2D eigenvalue weighted by molar-refractivity contribution is 5.76. The molecule has 0 unspecified atom stereocenters. The second-order valence-electron chi connectivity index (χ2n) is 5.67. The van der Waals surface area contributed by atoms with Gasteiger partial charge in [-0.05, 0) is 54.1 Å². The van der Waals surface area contributed by atoms with Gasteiger partial charge in [0, 0.05) is 12.6 Å². The molecule has 0 atom stereocenters. The van der Waals surface area contributed by atoms with E-state index < -0.39 is 0 Å². The Kier molecular flexibility index (Phi) is 3.14. The first kappa shape index (κ1) is 13.6. The largest absolute Gasteiger partial charge is 0.365 e. The average molecular weight is 308 g/mol. The molecule has 0 aliphatic carbocycles. The van der Waals surface area contributed by atoms with Crippen LogP contribution in [0.5, 0.6) is 0 Å². The van der Waals surface area contributed by atoms with Gasteiger partial charge in [0.25, 0.3) is 0 Å². The van der Waals surface area contributed by atoms with Crippen LogP contribution >= 0.6 is 0 Å². The van der Waals surface area contributed by atoms with Gasteiger partial charge in [0.2, 0.25) is 0 Å². The van der Waals surface area contributed by atoms with Gasteiger partial charge >= 0.3 is 0 Å². The second-order valence-corrected chi connectivity index (χ2v) is 5.67. The minimum Gasteiger partial charge on any atom is -0.365 e. The molecule has 23 heavy (non-hydrogen) atoms. The Labute approximate surface area is 132 Å². The summed E-state index contributed by atoms with van der Waals surface area (Å²) in [5.74, 6) is 0.724. The molecule has 8 nitrogen and oxygen atoms in total. The molecule has 0 bridgehead atoms. The average Bonchev–Trinajstić information content (AvgIpc) is 3.18. The SMILES string of the molecule is CC(C)n1cnc2ccc(CNc3ccc4nnnn4n3)cc21. The van der Waals surface area contributed by atoms with Crippen molar-refractivity contribution in [2.24, 2.45) is 0 Å². The molecule has 8 heteroatoms. The van der Waals surface area contributed by atoms with E-state index in [0.717, 1.165) is 16.9 Å². The third kappa shape index (κ3) is 2.48. The Morgan fingerprint density at radius 3 is 2.96 bits per heavy atom. The molecular weight excluding hydrogens is 292 g/mol. The van der Waals surface area contributed by atoms with Crippen LogP contribution in [-0.2, 0) is 6.54 Å². The van der Waals surface area contributed by atoms with Crippen LogP contribution in [-0.4, -0.2) is 34.8 Å². The fraction of sp³-hybridized carbons (Fsp3) is 0.267. The predicted octanol–water partition coefficient (Wildman–Crippen LogP) is 2.06. The molecular formula is C15H16N8. The van der Waals surface area contributed by atoms with Crippen molar-refractivity contribution in [2.75, 3.05) is 5.32 Å². The summed E-state index contributed by atoms with van der Waals surface area (Å²) >= 11 is 0. The molecule has 0 radical (unpaired) electrons. The van der Waals surface area contributed by atoms with E-state index in [1.807, 2.05) is 24.5 Å². The fourth-order valence-electron chi connectivity index (χ4n) is 2.53. The minimum atomic E-state index is 0.382. The van der Waals surface area contributed by atoms with E-state index >= 15 is 0 Å². The summed E-state index contributed by atoms with van der Waals surface area (Å²) in [4.78, 5) is 4.43. The van der Waals surface area contributed by atoms with Gasteiger partial charge in [-0.1, -0.05) is 6.07 Å². The number of aromatic nitrogens is 7. The van der Waals surface area contributed by atoms with Gasteiger partial charge in [-0.25, -0.2) is 4.98 Å². The first-order valence-corrected chi connectivity index (χ1v) is 7.45. The molecule has 0 saturated carbocycles. The number of nitrogens with one attached hydrogen (secondary N) is 1. The summed E-state index contributed by atoms with van der Waals surface area (Å²) in [6.07, 6.45) is 1.89. The van der Waals surface area contributed by atoms with E-state index in [4.69, 9.17) is 0 Å². The Bertz CT molecular complexity index is 968. The molecule has 0 aliphatic heterocycles. The topological polar surface area (TPSA) is 85.8 Å². The first-order valence-electron chi connectivity index (χ1n) is 7.45. The number of imidazole rings is 1. The number of anilines is 1.